The van der Waals surface area contributed by atoms with Crippen molar-refractivity contribution in [3.63, 3.8) is 0 Å². The number of Topliss-reactive ketones (excluding diaryl/α,β-unsaturated/α-hetero) is 1. The zero-order valence-corrected chi connectivity index (χ0v) is 9.40. The molecule has 0 bridgehead atoms. The molecule has 5 nitrogen and oxygen atoms in total. The monoisotopic (exact) mass is 220 g/mol. The minimum Gasteiger partial charge on any atom is -0.294 e. The van der Waals surface area contributed by atoms with Gasteiger partial charge in [0.2, 0.25) is 0 Å². The third kappa shape index (κ3) is 2.11. The Morgan fingerprint density at radius 1 is 1.44 bits per heavy atom. The second kappa shape index (κ2) is 4.62. The SMILES string of the molecule is CC#CCn1cc(C(C)=O)c(=O)n(C)c1=O. The Labute approximate surface area is 92.3 Å². The molecule has 0 amide bonds. The molecular formula is C11H12N2O3. The van der Waals surface area contributed by atoms with Gasteiger partial charge < -0.3 is 0 Å². The molecule has 1 rings (SSSR count). The van der Waals surface area contributed by atoms with Crippen molar-refractivity contribution in [1.82, 2.24) is 9.13 Å². The summed E-state index contributed by atoms with van der Waals surface area (Å²) in [5.41, 5.74) is -1.05. The highest BCUT2D eigenvalue weighted by Crippen LogP contribution is 1.90. The molecule has 0 saturated heterocycles. The van der Waals surface area contributed by atoms with Crippen molar-refractivity contribution in [2.24, 2.45) is 7.05 Å². The second-order valence-corrected chi connectivity index (χ2v) is 3.30. The molecule has 0 radical (unpaired) electrons. The Bertz CT molecular complexity index is 596. The summed E-state index contributed by atoms with van der Waals surface area (Å²) in [5.74, 6) is 4.99. The van der Waals surface area contributed by atoms with Gasteiger partial charge in [-0.15, -0.1) is 5.92 Å². The van der Waals surface area contributed by atoms with Crippen LogP contribution in [0.15, 0.2) is 15.8 Å². The Morgan fingerprint density at radius 2 is 2.06 bits per heavy atom. The molecule has 1 aromatic rings. The Balaban J connectivity index is 3.51. The van der Waals surface area contributed by atoms with Crippen LogP contribution in [-0.2, 0) is 13.6 Å². The first-order chi connectivity index (χ1) is 7.49. The standard InChI is InChI=1S/C11H12N2O3/c1-4-5-6-13-7-9(8(2)14)10(15)12(3)11(13)16/h7H,6H2,1-3H3. The number of carbonyl (C=O) groups is 1. The van der Waals surface area contributed by atoms with Crippen molar-refractivity contribution in [2.45, 2.75) is 20.4 Å². The summed E-state index contributed by atoms with van der Waals surface area (Å²) in [6.07, 6.45) is 1.26. The van der Waals surface area contributed by atoms with Crippen LogP contribution in [0.4, 0.5) is 0 Å². The predicted octanol–water partition coefficient (Wildman–Crippen LogP) is -0.227. The van der Waals surface area contributed by atoms with E-state index in [9.17, 15) is 14.4 Å². The van der Waals surface area contributed by atoms with Crippen LogP contribution < -0.4 is 11.2 Å². The molecule has 0 N–H and O–H groups in total. The van der Waals surface area contributed by atoms with Gasteiger partial charge in [-0.25, -0.2) is 4.79 Å². The number of carbonyl (C=O) groups excluding carboxylic acids is 1. The first-order valence-corrected chi connectivity index (χ1v) is 4.70. The van der Waals surface area contributed by atoms with E-state index in [0.29, 0.717) is 0 Å². The summed E-state index contributed by atoms with van der Waals surface area (Å²) >= 11 is 0. The van der Waals surface area contributed by atoms with Crippen LogP contribution in [0.5, 0.6) is 0 Å². The van der Waals surface area contributed by atoms with E-state index in [2.05, 4.69) is 11.8 Å². The van der Waals surface area contributed by atoms with Gasteiger partial charge in [0, 0.05) is 13.2 Å². The molecule has 0 aliphatic rings. The van der Waals surface area contributed by atoms with Crippen molar-refractivity contribution >= 4 is 5.78 Å². The van der Waals surface area contributed by atoms with Gasteiger partial charge in [-0.05, 0) is 13.8 Å². The molecule has 0 atom stereocenters. The maximum absolute atomic E-state index is 11.6. The summed E-state index contributed by atoms with van der Waals surface area (Å²) < 4.78 is 2.16. The molecular weight excluding hydrogens is 208 g/mol. The number of ketones is 1. The molecule has 16 heavy (non-hydrogen) atoms. The summed E-state index contributed by atoms with van der Waals surface area (Å²) in [4.78, 5) is 34.4. The van der Waals surface area contributed by atoms with E-state index in [1.54, 1.807) is 6.92 Å². The normalized spacial score (nSPS) is 9.44. The lowest BCUT2D eigenvalue weighted by molar-refractivity contribution is 0.101. The molecule has 84 valence electrons. The minimum absolute atomic E-state index is 0.00000283. The van der Waals surface area contributed by atoms with E-state index in [4.69, 9.17) is 0 Å². The minimum atomic E-state index is -0.571. The quantitative estimate of drug-likeness (QED) is 0.511. The van der Waals surface area contributed by atoms with Gasteiger partial charge in [0.1, 0.15) is 0 Å². The average molecular weight is 220 g/mol. The van der Waals surface area contributed by atoms with Gasteiger partial charge in [0.15, 0.2) is 5.78 Å². The zero-order valence-electron chi connectivity index (χ0n) is 9.40. The van der Waals surface area contributed by atoms with Gasteiger partial charge in [0.05, 0.1) is 12.1 Å². The first kappa shape index (κ1) is 12.0. The van der Waals surface area contributed by atoms with Crippen LogP contribution in [0.3, 0.4) is 0 Å². The number of aromatic nitrogens is 2. The lowest BCUT2D eigenvalue weighted by Crippen LogP contribution is -2.40. The van der Waals surface area contributed by atoms with Crippen LogP contribution in [0.25, 0.3) is 0 Å². The largest absolute Gasteiger partial charge is 0.331 e. The molecule has 1 aromatic heterocycles. The molecule has 5 heteroatoms. The molecule has 0 aliphatic carbocycles. The Hall–Kier alpha value is -2.09. The molecule has 0 aromatic carbocycles. The van der Waals surface area contributed by atoms with Crippen LogP contribution in [0.2, 0.25) is 0 Å². The van der Waals surface area contributed by atoms with Crippen molar-refractivity contribution in [2.75, 3.05) is 0 Å². The fourth-order valence-corrected chi connectivity index (χ4v) is 1.25. The highest BCUT2D eigenvalue weighted by atomic mass is 16.2. The fraction of sp³-hybridized carbons (Fsp3) is 0.364. The summed E-state index contributed by atoms with van der Waals surface area (Å²) in [7, 11) is 1.34. The number of hydrogen-bond donors (Lipinski definition) is 0. The van der Waals surface area contributed by atoms with Crippen molar-refractivity contribution in [1.29, 1.82) is 0 Å². The van der Waals surface area contributed by atoms with Gasteiger partial charge in [-0.3, -0.25) is 18.7 Å². The average Bonchev–Trinajstić information content (AvgIpc) is 2.24. The van der Waals surface area contributed by atoms with E-state index >= 15 is 0 Å². The van der Waals surface area contributed by atoms with Gasteiger partial charge in [-0.2, -0.15) is 0 Å². The summed E-state index contributed by atoms with van der Waals surface area (Å²) in [5, 5.41) is 0. The van der Waals surface area contributed by atoms with Gasteiger partial charge in [0.25, 0.3) is 5.56 Å². The van der Waals surface area contributed by atoms with Crippen LogP contribution >= 0.6 is 0 Å². The zero-order chi connectivity index (χ0) is 12.3. The number of rotatable bonds is 2. The molecule has 0 saturated carbocycles. The van der Waals surface area contributed by atoms with Crippen LogP contribution in [-0.4, -0.2) is 14.9 Å². The highest BCUT2D eigenvalue weighted by Gasteiger charge is 2.11. The number of nitrogens with zero attached hydrogens (tertiary/aromatic N) is 2. The van der Waals surface area contributed by atoms with E-state index in [1.807, 2.05) is 0 Å². The summed E-state index contributed by atoms with van der Waals surface area (Å²) in [6, 6.07) is 0. The first-order valence-electron chi connectivity index (χ1n) is 4.70. The number of hydrogen-bond acceptors (Lipinski definition) is 3. The molecule has 0 fully saturated rings. The predicted molar refractivity (Wildman–Crippen MR) is 59.4 cm³/mol. The topological polar surface area (TPSA) is 61.1 Å². The lowest BCUT2D eigenvalue weighted by Gasteiger charge is -2.05. The Kier molecular flexibility index (Phi) is 3.46. The van der Waals surface area contributed by atoms with Crippen molar-refractivity contribution < 1.29 is 4.79 Å². The molecule has 0 aliphatic heterocycles. The van der Waals surface area contributed by atoms with Crippen molar-refractivity contribution in [3.05, 3.63) is 32.6 Å². The van der Waals surface area contributed by atoms with E-state index in [-0.39, 0.29) is 17.9 Å². The second-order valence-electron chi connectivity index (χ2n) is 3.30. The third-order valence-corrected chi connectivity index (χ3v) is 2.16. The Morgan fingerprint density at radius 3 is 2.56 bits per heavy atom. The molecule has 0 spiro atoms. The van der Waals surface area contributed by atoms with Gasteiger partial charge in [-0.1, -0.05) is 5.92 Å². The van der Waals surface area contributed by atoms with E-state index < -0.39 is 11.2 Å². The van der Waals surface area contributed by atoms with Gasteiger partial charge >= 0.3 is 5.69 Å². The van der Waals surface area contributed by atoms with Crippen LogP contribution in [0, 0.1) is 11.8 Å². The smallest absolute Gasteiger partial charge is 0.294 e. The fourth-order valence-electron chi connectivity index (χ4n) is 1.25. The van der Waals surface area contributed by atoms with E-state index in [1.165, 1.54) is 24.7 Å². The highest BCUT2D eigenvalue weighted by molar-refractivity contribution is 5.93. The maximum atomic E-state index is 11.6. The molecule has 0 unspecified atom stereocenters. The third-order valence-electron chi connectivity index (χ3n) is 2.16. The van der Waals surface area contributed by atoms with Crippen LogP contribution in [0.1, 0.15) is 24.2 Å². The maximum Gasteiger partial charge on any atom is 0.331 e. The van der Waals surface area contributed by atoms with Crippen molar-refractivity contribution in [3.8, 4) is 11.8 Å². The molecule has 1 heterocycles. The summed E-state index contributed by atoms with van der Waals surface area (Å²) in [6.45, 7) is 3.11. The lowest BCUT2D eigenvalue weighted by atomic mass is 10.2. The van der Waals surface area contributed by atoms with E-state index in [0.717, 1.165) is 4.57 Å².